The smallest absolute Gasteiger partial charge is 0.304 e. The Bertz CT molecular complexity index is 322. The van der Waals surface area contributed by atoms with Crippen LogP contribution in [0.15, 0.2) is 30.3 Å². The molecule has 1 rings (SSSR count). The van der Waals surface area contributed by atoms with Gasteiger partial charge in [-0.05, 0) is 0 Å². The Morgan fingerprint density at radius 1 is 1.46 bits per heavy atom. The molecule has 0 aliphatic rings. The average molecular weight is 174 g/mol. The fourth-order valence-corrected chi connectivity index (χ4v) is 0.992. The molecule has 1 aromatic carbocycles. The number of carbonyl (C=O) groups is 1. The van der Waals surface area contributed by atoms with E-state index < -0.39 is 6.10 Å². The molecule has 0 spiro atoms. The number of rotatable bonds is 2. The van der Waals surface area contributed by atoms with Gasteiger partial charge in [-0.1, -0.05) is 36.3 Å². The van der Waals surface area contributed by atoms with E-state index in [2.05, 4.69) is 5.92 Å². The topological polar surface area (TPSA) is 26.3 Å². The third-order valence-corrected chi connectivity index (χ3v) is 1.54. The minimum Gasteiger partial charge on any atom is -0.444 e. The Kier molecular flexibility index (Phi) is 3.10. The Balaban J connectivity index is 2.80. The van der Waals surface area contributed by atoms with E-state index in [1.54, 1.807) is 0 Å². The monoisotopic (exact) mass is 174 g/mol. The minimum absolute atomic E-state index is 0.369. The Hall–Kier alpha value is -1.75. The van der Waals surface area contributed by atoms with Crippen LogP contribution in [0, 0.1) is 12.3 Å². The SMILES string of the molecule is C#CC(OC(C)=O)c1ccccc1. The van der Waals surface area contributed by atoms with Gasteiger partial charge in [0.1, 0.15) is 0 Å². The highest BCUT2D eigenvalue weighted by Crippen LogP contribution is 2.15. The normalized spacial score (nSPS) is 11.4. The van der Waals surface area contributed by atoms with Gasteiger partial charge in [0.05, 0.1) is 0 Å². The molecule has 1 unspecified atom stereocenters. The van der Waals surface area contributed by atoms with Crippen molar-refractivity contribution < 1.29 is 9.53 Å². The van der Waals surface area contributed by atoms with E-state index in [1.807, 2.05) is 30.3 Å². The molecule has 2 nitrogen and oxygen atoms in total. The van der Waals surface area contributed by atoms with Gasteiger partial charge >= 0.3 is 5.97 Å². The molecular formula is C11H10O2. The molecule has 0 aliphatic carbocycles. The number of hydrogen-bond donors (Lipinski definition) is 0. The zero-order valence-electron chi connectivity index (χ0n) is 7.36. The second-order valence-corrected chi connectivity index (χ2v) is 2.57. The number of benzene rings is 1. The first-order valence-corrected chi connectivity index (χ1v) is 3.92. The van der Waals surface area contributed by atoms with Crippen molar-refractivity contribution >= 4 is 5.97 Å². The van der Waals surface area contributed by atoms with Gasteiger partial charge in [0, 0.05) is 12.5 Å². The maximum absolute atomic E-state index is 10.7. The molecule has 0 amide bonds. The van der Waals surface area contributed by atoms with E-state index in [4.69, 9.17) is 11.2 Å². The van der Waals surface area contributed by atoms with E-state index in [0.29, 0.717) is 0 Å². The van der Waals surface area contributed by atoms with Crippen molar-refractivity contribution in [2.45, 2.75) is 13.0 Å². The van der Waals surface area contributed by atoms with Crippen LogP contribution in [0.1, 0.15) is 18.6 Å². The second-order valence-electron chi connectivity index (χ2n) is 2.57. The molecule has 0 aliphatic heterocycles. The molecule has 0 saturated heterocycles. The maximum atomic E-state index is 10.7. The molecular weight excluding hydrogens is 164 g/mol. The second kappa shape index (κ2) is 4.32. The van der Waals surface area contributed by atoms with Crippen LogP contribution in [0.3, 0.4) is 0 Å². The summed E-state index contributed by atoms with van der Waals surface area (Å²) in [6, 6.07) is 9.23. The van der Waals surface area contributed by atoms with Crippen molar-refractivity contribution in [2.75, 3.05) is 0 Å². The highest BCUT2D eigenvalue weighted by Gasteiger charge is 2.09. The molecule has 0 N–H and O–H groups in total. The summed E-state index contributed by atoms with van der Waals surface area (Å²) in [5, 5.41) is 0. The predicted octanol–water partition coefficient (Wildman–Crippen LogP) is 1.92. The van der Waals surface area contributed by atoms with Crippen LogP contribution in [-0.2, 0) is 9.53 Å². The van der Waals surface area contributed by atoms with E-state index >= 15 is 0 Å². The molecule has 0 fully saturated rings. The summed E-state index contributed by atoms with van der Waals surface area (Å²) in [7, 11) is 0. The van der Waals surface area contributed by atoms with Gasteiger partial charge in [-0.25, -0.2) is 0 Å². The fraction of sp³-hybridized carbons (Fsp3) is 0.182. The number of ether oxygens (including phenoxy) is 1. The summed E-state index contributed by atoms with van der Waals surface area (Å²) < 4.78 is 4.91. The lowest BCUT2D eigenvalue weighted by Crippen LogP contribution is -2.05. The lowest BCUT2D eigenvalue weighted by atomic mass is 10.1. The minimum atomic E-state index is -0.571. The van der Waals surface area contributed by atoms with Crippen LogP contribution < -0.4 is 0 Å². The van der Waals surface area contributed by atoms with E-state index in [1.165, 1.54) is 6.92 Å². The summed E-state index contributed by atoms with van der Waals surface area (Å²) in [4.78, 5) is 10.7. The van der Waals surface area contributed by atoms with Crippen LogP contribution >= 0.6 is 0 Å². The quantitative estimate of drug-likeness (QED) is 0.505. The van der Waals surface area contributed by atoms with Crippen LogP contribution in [-0.4, -0.2) is 5.97 Å². The van der Waals surface area contributed by atoms with Gasteiger partial charge in [0.25, 0.3) is 0 Å². The van der Waals surface area contributed by atoms with E-state index in [0.717, 1.165) is 5.56 Å². The van der Waals surface area contributed by atoms with Gasteiger partial charge in [0.2, 0.25) is 0 Å². The van der Waals surface area contributed by atoms with Gasteiger partial charge in [0.15, 0.2) is 6.10 Å². The number of terminal acetylenes is 1. The maximum Gasteiger partial charge on any atom is 0.304 e. The van der Waals surface area contributed by atoms with Crippen molar-refractivity contribution in [2.24, 2.45) is 0 Å². The number of carbonyl (C=O) groups excluding carboxylic acids is 1. The van der Waals surface area contributed by atoms with Gasteiger partial charge in [-0.15, -0.1) is 6.42 Å². The predicted molar refractivity (Wildman–Crippen MR) is 49.8 cm³/mol. The van der Waals surface area contributed by atoms with Crippen LogP contribution in [0.4, 0.5) is 0 Å². The van der Waals surface area contributed by atoms with Gasteiger partial charge in [-0.2, -0.15) is 0 Å². The summed E-state index contributed by atoms with van der Waals surface area (Å²) in [5.41, 5.74) is 0.820. The third-order valence-electron chi connectivity index (χ3n) is 1.54. The first-order chi connectivity index (χ1) is 6.24. The molecule has 0 saturated carbocycles. The standard InChI is InChI=1S/C11H10O2/c1-3-11(13-9(2)12)10-7-5-4-6-8-10/h1,4-8,11H,2H3. The Morgan fingerprint density at radius 2 is 2.08 bits per heavy atom. The first-order valence-electron chi connectivity index (χ1n) is 3.92. The van der Waals surface area contributed by atoms with E-state index in [9.17, 15) is 4.79 Å². The molecule has 2 heteroatoms. The number of esters is 1. The average Bonchev–Trinajstić information content (AvgIpc) is 2.15. The summed E-state index contributed by atoms with van der Waals surface area (Å²) in [6.07, 6.45) is 4.66. The zero-order chi connectivity index (χ0) is 9.68. The molecule has 0 bridgehead atoms. The van der Waals surface area contributed by atoms with Gasteiger partial charge < -0.3 is 4.74 Å². The van der Waals surface area contributed by atoms with Crippen LogP contribution in [0.2, 0.25) is 0 Å². The lowest BCUT2D eigenvalue weighted by molar-refractivity contribution is -0.144. The highest BCUT2D eigenvalue weighted by atomic mass is 16.5. The fourth-order valence-electron chi connectivity index (χ4n) is 0.992. The molecule has 0 heterocycles. The third kappa shape index (κ3) is 2.64. The Morgan fingerprint density at radius 3 is 2.54 bits per heavy atom. The molecule has 1 aromatic rings. The van der Waals surface area contributed by atoms with Crippen molar-refractivity contribution in [3.05, 3.63) is 35.9 Å². The summed E-state index contributed by atoms with van der Waals surface area (Å²) in [5.74, 6) is 2.04. The van der Waals surface area contributed by atoms with Crippen molar-refractivity contribution in [1.82, 2.24) is 0 Å². The largest absolute Gasteiger partial charge is 0.444 e. The summed E-state index contributed by atoms with van der Waals surface area (Å²) >= 11 is 0. The Labute approximate surface area is 77.5 Å². The van der Waals surface area contributed by atoms with Gasteiger partial charge in [-0.3, -0.25) is 4.79 Å². The first kappa shape index (κ1) is 9.34. The highest BCUT2D eigenvalue weighted by molar-refractivity contribution is 5.66. The van der Waals surface area contributed by atoms with Crippen LogP contribution in [0.25, 0.3) is 0 Å². The molecule has 13 heavy (non-hydrogen) atoms. The summed E-state index contributed by atoms with van der Waals surface area (Å²) in [6.45, 7) is 1.34. The van der Waals surface area contributed by atoms with Crippen molar-refractivity contribution in [3.63, 3.8) is 0 Å². The van der Waals surface area contributed by atoms with Crippen molar-refractivity contribution in [3.8, 4) is 12.3 Å². The lowest BCUT2D eigenvalue weighted by Gasteiger charge is -2.10. The number of hydrogen-bond acceptors (Lipinski definition) is 2. The molecule has 0 radical (unpaired) electrons. The van der Waals surface area contributed by atoms with Crippen molar-refractivity contribution in [1.29, 1.82) is 0 Å². The van der Waals surface area contributed by atoms with Crippen LogP contribution in [0.5, 0.6) is 0 Å². The van der Waals surface area contributed by atoms with E-state index in [-0.39, 0.29) is 5.97 Å². The zero-order valence-corrected chi connectivity index (χ0v) is 7.36. The molecule has 0 aromatic heterocycles. The molecule has 66 valence electrons. The molecule has 1 atom stereocenters.